The van der Waals surface area contributed by atoms with E-state index >= 15 is 0 Å². The van der Waals surface area contributed by atoms with E-state index in [2.05, 4.69) is 0 Å². The fraction of sp³-hybridized carbons (Fsp3) is 0. The van der Waals surface area contributed by atoms with E-state index in [1.165, 1.54) is 0 Å². The molecule has 0 saturated heterocycles. The van der Waals surface area contributed by atoms with E-state index in [9.17, 15) is 8.42 Å². The molecule has 0 N–H and O–H groups in total. The van der Waals surface area contributed by atoms with Gasteiger partial charge >= 0.3 is 39.3 Å². The summed E-state index contributed by atoms with van der Waals surface area (Å²) in [6.07, 6.45) is 0. The third-order valence-electron chi connectivity index (χ3n) is 3.15. The first kappa shape index (κ1) is 19.2. The Labute approximate surface area is 167 Å². The Bertz CT molecular complexity index is 823. The number of benzene rings is 3. The van der Waals surface area contributed by atoms with E-state index in [0.717, 1.165) is 10.6 Å². The van der Waals surface area contributed by atoms with Gasteiger partial charge in [0.2, 0.25) is 0 Å². The molecule has 0 aliphatic heterocycles. The van der Waals surface area contributed by atoms with E-state index < -0.39 is 16.9 Å². The first-order valence-corrected chi connectivity index (χ1v) is 10.4. The second-order valence-corrected chi connectivity index (χ2v) is 9.87. The predicted octanol–water partition coefficient (Wildman–Crippen LogP) is 0.560. The van der Waals surface area contributed by atoms with Crippen LogP contribution in [0.2, 0.25) is 0 Å². The monoisotopic (exact) mass is 366 g/mol. The number of hydrogen-bond acceptors (Lipinski definition) is 3. The molecule has 3 rings (SSSR count). The standard InChI is InChI=1S/C18H15O3PS.Na.H/c19-23(20,21-16-10-4-1-5-11-16)22(17-12-6-2-7-13-17)18-14-8-3-9-15-18;;/h1-15H;;/q;+1;-1. The van der Waals surface area contributed by atoms with Gasteiger partial charge < -0.3 is 5.61 Å². The summed E-state index contributed by atoms with van der Waals surface area (Å²) >= 11 is 0. The largest absolute Gasteiger partial charge is 1.00 e. The van der Waals surface area contributed by atoms with Crippen molar-refractivity contribution in [3.05, 3.63) is 91.0 Å². The molecule has 6 heteroatoms. The molecule has 3 nitrogen and oxygen atoms in total. The Morgan fingerprint density at radius 2 is 1.04 bits per heavy atom. The summed E-state index contributed by atoms with van der Waals surface area (Å²) in [4.78, 5) is 0. The molecule has 0 atom stereocenters. The Kier molecular flexibility index (Phi) is 7.02. The summed E-state index contributed by atoms with van der Waals surface area (Å²) in [5.41, 5.74) is 0. The normalized spacial score (nSPS) is 10.9. The van der Waals surface area contributed by atoms with Crippen LogP contribution in [0.4, 0.5) is 0 Å². The molecule has 3 aromatic carbocycles. The van der Waals surface area contributed by atoms with Gasteiger partial charge in [-0.1, -0.05) is 78.9 Å². The first-order valence-electron chi connectivity index (χ1n) is 7.07. The van der Waals surface area contributed by atoms with Crippen LogP contribution in [0.25, 0.3) is 0 Å². The van der Waals surface area contributed by atoms with Crippen LogP contribution in [0.1, 0.15) is 1.43 Å². The van der Waals surface area contributed by atoms with Gasteiger partial charge in [-0.25, -0.2) is 0 Å². The summed E-state index contributed by atoms with van der Waals surface area (Å²) < 4.78 is 31.2. The molecule has 0 radical (unpaired) electrons. The molecular formula is C18H16NaO3PS. The maximum absolute atomic E-state index is 12.9. The Morgan fingerprint density at radius 1 is 0.667 bits per heavy atom. The van der Waals surface area contributed by atoms with Gasteiger partial charge in [0.15, 0.2) is 0 Å². The number of hydrogen-bond donors (Lipinski definition) is 0. The third kappa shape index (κ3) is 4.69. The van der Waals surface area contributed by atoms with Crippen molar-refractivity contribution < 1.29 is 43.6 Å². The minimum atomic E-state index is -3.82. The van der Waals surface area contributed by atoms with Gasteiger partial charge in [0.25, 0.3) is 0 Å². The maximum atomic E-state index is 12.9. The van der Waals surface area contributed by atoms with E-state index in [4.69, 9.17) is 4.18 Å². The second-order valence-electron chi connectivity index (χ2n) is 4.79. The van der Waals surface area contributed by atoms with Crippen LogP contribution in [-0.4, -0.2) is 8.42 Å². The SMILES string of the molecule is O=S(=O)(Oc1ccccc1)P(c1ccccc1)c1ccccc1.[H-].[Na+]. The molecule has 0 fully saturated rings. The van der Waals surface area contributed by atoms with Gasteiger partial charge in [0.05, 0.1) is 0 Å². The second kappa shape index (κ2) is 8.80. The first-order chi connectivity index (χ1) is 11.2. The van der Waals surface area contributed by atoms with Crippen LogP contribution >= 0.6 is 7.12 Å². The summed E-state index contributed by atoms with van der Waals surface area (Å²) in [5, 5.41) is 1.48. The zero-order valence-electron chi connectivity index (χ0n) is 14.2. The molecule has 24 heavy (non-hydrogen) atoms. The summed E-state index contributed by atoms with van der Waals surface area (Å²) in [6.45, 7) is 0. The van der Waals surface area contributed by atoms with Gasteiger partial charge in [0, 0.05) is 0 Å². The summed E-state index contributed by atoms with van der Waals surface area (Å²) in [7, 11) is -5.48. The summed E-state index contributed by atoms with van der Waals surface area (Å²) in [6, 6.07) is 27.0. The molecule has 118 valence electrons. The van der Waals surface area contributed by atoms with Crippen molar-refractivity contribution in [1.82, 2.24) is 0 Å². The van der Waals surface area contributed by atoms with Crippen LogP contribution in [0.3, 0.4) is 0 Å². The molecule has 0 aromatic heterocycles. The average molecular weight is 366 g/mol. The van der Waals surface area contributed by atoms with Gasteiger partial charge in [-0.2, -0.15) is 8.42 Å². The van der Waals surface area contributed by atoms with Crippen molar-refractivity contribution >= 4 is 27.5 Å². The predicted molar refractivity (Wildman–Crippen MR) is 96.2 cm³/mol. The van der Waals surface area contributed by atoms with Crippen LogP contribution in [0, 0.1) is 0 Å². The van der Waals surface area contributed by atoms with Gasteiger partial charge in [-0.05, 0) is 22.7 Å². The van der Waals surface area contributed by atoms with Crippen molar-refractivity contribution in [1.29, 1.82) is 0 Å². The van der Waals surface area contributed by atoms with Crippen molar-refractivity contribution in [2.45, 2.75) is 0 Å². The smallest absolute Gasteiger partial charge is 1.00 e. The molecule has 0 heterocycles. The molecule has 0 spiro atoms. The van der Waals surface area contributed by atoms with Crippen LogP contribution < -0.4 is 44.3 Å². The fourth-order valence-electron chi connectivity index (χ4n) is 2.17. The van der Waals surface area contributed by atoms with E-state index in [1.807, 2.05) is 66.7 Å². The van der Waals surface area contributed by atoms with Crippen LogP contribution in [0.15, 0.2) is 91.0 Å². The van der Waals surface area contributed by atoms with Crippen molar-refractivity contribution in [3.8, 4) is 5.75 Å². The topological polar surface area (TPSA) is 43.4 Å². The van der Waals surface area contributed by atoms with E-state index in [0.29, 0.717) is 5.75 Å². The molecule has 3 aromatic rings. The molecule has 0 bridgehead atoms. The van der Waals surface area contributed by atoms with Crippen LogP contribution in [0.5, 0.6) is 5.75 Å². The molecule has 0 saturated carbocycles. The van der Waals surface area contributed by atoms with Crippen molar-refractivity contribution in [2.24, 2.45) is 0 Å². The zero-order valence-corrected chi connectivity index (χ0v) is 17.0. The van der Waals surface area contributed by atoms with Gasteiger partial charge in [-0.15, -0.1) is 0 Å². The summed E-state index contributed by atoms with van der Waals surface area (Å²) in [5.74, 6) is 0.326. The minimum Gasteiger partial charge on any atom is -1.00 e. The average Bonchev–Trinajstić information content (AvgIpc) is 2.57. The van der Waals surface area contributed by atoms with Crippen LogP contribution in [-0.2, 0) is 9.74 Å². The molecule has 0 aliphatic carbocycles. The molecule has 0 amide bonds. The van der Waals surface area contributed by atoms with Crippen molar-refractivity contribution in [2.75, 3.05) is 0 Å². The number of rotatable bonds is 5. The number of para-hydroxylation sites is 1. The van der Waals surface area contributed by atoms with Gasteiger partial charge in [0.1, 0.15) is 12.9 Å². The molecule has 0 aliphatic rings. The fourth-order valence-corrected chi connectivity index (χ4v) is 7.06. The third-order valence-corrected chi connectivity index (χ3v) is 8.36. The van der Waals surface area contributed by atoms with Crippen molar-refractivity contribution in [3.63, 3.8) is 0 Å². The van der Waals surface area contributed by atoms with Gasteiger partial charge in [-0.3, -0.25) is 0 Å². The zero-order chi connectivity index (χ0) is 16.1. The van der Waals surface area contributed by atoms with E-state index in [-0.39, 0.29) is 31.0 Å². The Hall–Kier alpha value is -1.16. The maximum Gasteiger partial charge on any atom is 1.00 e. The Morgan fingerprint density at radius 3 is 1.46 bits per heavy atom. The quantitative estimate of drug-likeness (QED) is 0.490. The minimum absolute atomic E-state index is 0. The Balaban J connectivity index is 0.00000156. The van der Waals surface area contributed by atoms with E-state index in [1.54, 1.807) is 24.3 Å². The molecule has 0 unspecified atom stereocenters. The molecular weight excluding hydrogens is 350 g/mol.